The first kappa shape index (κ1) is 20.1. The van der Waals surface area contributed by atoms with Gasteiger partial charge in [0.15, 0.2) is 6.10 Å². The van der Waals surface area contributed by atoms with E-state index < -0.39 is 6.10 Å². The smallest absolute Gasteiger partial charge is 0.259 e. The van der Waals surface area contributed by atoms with Crippen LogP contribution in [0.5, 0.6) is 5.75 Å². The second-order valence-electron chi connectivity index (χ2n) is 6.73. The Morgan fingerprint density at radius 1 is 0.931 bits per heavy atom. The molecule has 6 heteroatoms. The SMILES string of the molecule is COc1ccc(N2C(=O)[C@@H](OCc3ccccc3Br)[C@H]2c2ccc(Br)cc2)cc1. The van der Waals surface area contributed by atoms with Crippen LogP contribution in [0, 0.1) is 0 Å². The predicted octanol–water partition coefficient (Wildman–Crippen LogP) is 5.89. The van der Waals surface area contributed by atoms with Crippen LogP contribution in [0.2, 0.25) is 0 Å². The largest absolute Gasteiger partial charge is 0.497 e. The van der Waals surface area contributed by atoms with E-state index in [-0.39, 0.29) is 11.9 Å². The Bertz CT molecular complexity index is 1010. The van der Waals surface area contributed by atoms with Crippen LogP contribution in [0.4, 0.5) is 5.69 Å². The summed E-state index contributed by atoms with van der Waals surface area (Å²) in [5.41, 5.74) is 2.86. The van der Waals surface area contributed by atoms with E-state index in [4.69, 9.17) is 9.47 Å². The zero-order valence-electron chi connectivity index (χ0n) is 15.7. The fourth-order valence-corrected chi connectivity index (χ4v) is 4.10. The summed E-state index contributed by atoms with van der Waals surface area (Å²) in [6.45, 7) is 0.362. The molecule has 0 bridgehead atoms. The lowest BCUT2D eigenvalue weighted by molar-refractivity contribution is -0.143. The van der Waals surface area contributed by atoms with Crippen LogP contribution in [-0.2, 0) is 16.1 Å². The van der Waals surface area contributed by atoms with E-state index in [2.05, 4.69) is 31.9 Å². The highest BCUT2D eigenvalue weighted by Crippen LogP contribution is 2.42. The molecule has 4 rings (SSSR count). The molecule has 3 aromatic rings. The molecule has 0 spiro atoms. The van der Waals surface area contributed by atoms with Gasteiger partial charge in [-0.05, 0) is 53.6 Å². The lowest BCUT2D eigenvalue weighted by atomic mass is 9.89. The molecule has 148 valence electrons. The topological polar surface area (TPSA) is 38.8 Å². The number of anilines is 1. The molecular weight excluding hydrogens is 498 g/mol. The highest BCUT2D eigenvalue weighted by Gasteiger charge is 2.50. The first-order chi connectivity index (χ1) is 14.1. The third-order valence-corrected chi connectivity index (χ3v) is 6.29. The second kappa shape index (κ2) is 8.69. The number of nitrogens with zero attached hydrogens (tertiary/aromatic N) is 1. The molecule has 0 saturated carbocycles. The van der Waals surface area contributed by atoms with Crippen molar-refractivity contribution < 1.29 is 14.3 Å². The van der Waals surface area contributed by atoms with Crippen LogP contribution >= 0.6 is 31.9 Å². The Kier molecular flexibility index (Phi) is 6.04. The third kappa shape index (κ3) is 4.10. The van der Waals surface area contributed by atoms with Gasteiger partial charge in [-0.2, -0.15) is 0 Å². The van der Waals surface area contributed by atoms with E-state index in [1.54, 1.807) is 12.0 Å². The van der Waals surface area contributed by atoms with Crippen molar-refractivity contribution in [2.75, 3.05) is 12.0 Å². The molecule has 0 aliphatic carbocycles. The number of rotatable bonds is 6. The standard InChI is InChI=1S/C23H19Br2NO3/c1-28-19-12-10-18(11-13-19)26-21(15-6-8-17(24)9-7-15)22(23(26)27)29-14-16-4-2-3-5-20(16)25/h2-13,21-22H,14H2,1H3/t21-,22+/m1/s1. The maximum Gasteiger partial charge on any atom is 0.259 e. The summed E-state index contributed by atoms with van der Waals surface area (Å²) >= 11 is 7.01. The minimum atomic E-state index is -0.537. The lowest BCUT2D eigenvalue weighted by Crippen LogP contribution is -2.60. The molecule has 1 amide bonds. The van der Waals surface area contributed by atoms with E-state index in [1.807, 2.05) is 72.8 Å². The maximum atomic E-state index is 13.0. The first-order valence-electron chi connectivity index (χ1n) is 9.16. The van der Waals surface area contributed by atoms with Crippen LogP contribution in [0.15, 0.2) is 81.7 Å². The van der Waals surface area contributed by atoms with Gasteiger partial charge in [-0.15, -0.1) is 0 Å². The van der Waals surface area contributed by atoms with Crippen molar-refractivity contribution in [1.29, 1.82) is 0 Å². The number of carbonyl (C=O) groups is 1. The third-order valence-electron chi connectivity index (χ3n) is 4.98. The van der Waals surface area contributed by atoms with Crippen molar-refractivity contribution in [3.8, 4) is 5.75 Å². The van der Waals surface area contributed by atoms with E-state index in [9.17, 15) is 4.79 Å². The molecule has 1 saturated heterocycles. The number of methoxy groups -OCH3 is 1. The van der Waals surface area contributed by atoms with E-state index in [0.29, 0.717) is 6.61 Å². The van der Waals surface area contributed by atoms with Crippen molar-refractivity contribution in [3.05, 3.63) is 92.9 Å². The number of halogens is 2. The summed E-state index contributed by atoms with van der Waals surface area (Å²) in [6, 6.07) is 23.2. The Labute approximate surface area is 186 Å². The number of β-lactam (4-membered cyclic amide) rings is 1. The van der Waals surface area contributed by atoms with E-state index in [1.165, 1.54) is 0 Å². The normalized spacial score (nSPS) is 18.4. The van der Waals surface area contributed by atoms with E-state index in [0.717, 1.165) is 31.5 Å². The molecule has 29 heavy (non-hydrogen) atoms. The molecular formula is C23H19Br2NO3. The first-order valence-corrected chi connectivity index (χ1v) is 10.7. The highest BCUT2D eigenvalue weighted by molar-refractivity contribution is 9.10. The van der Waals surface area contributed by atoms with Gasteiger partial charge in [-0.1, -0.05) is 62.2 Å². The molecule has 0 N–H and O–H groups in total. The summed E-state index contributed by atoms with van der Waals surface area (Å²) in [5.74, 6) is 0.707. The number of hydrogen-bond donors (Lipinski definition) is 0. The average Bonchev–Trinajstić information content (AvgIpc) is 2.74. The van der Waals surface area contributed by atoms with Crippen molar-refractivity contribution in [3.63, 3.8) is 0 Å². The predicted molar refractivity (Wildman–Crippen MR) is 120 cm³/mol. The average molecular weight is 517 g/mol. The Morgan fingerprint density at radius 2 is 1.62 bits per heavy atom. The fraction of sp³-hybridized carbons (Fsp3) is 0.174. The van der Waals surface area contributed by atoms with Gasteiger partial charge in [0.25, 0.3) is 5.91 Å². The molecule has 1 fully saturated rings. The minimum Gasteiger partial charge on any atom is -0.497 e. The zero-order valence-corrected chi connectivity index (χ0v) is 18.9. The molecule has 1 heterocycles. The molecule has 3 aromatic carbocycles. The van der Waals surface area contributed by atoms with Gasteiger partial charge < -0.3 is 9.47 Å². The quantitative estimate of drug-likeness (QED) is 0.383. The monoisotopic (exact) mass is 515 g/mol. The molecule has 0 radical (unpaired) electrons. The minimum absolute atomic E-state index is 0.0462. The van der Waals surface area contributed by atoms with Gasteiger partial charge in [0, 0.05) is 14.6 Å². The van der Waals surface area contributed by atoms with Crippen molar-refractivity contribution in [2.24, 2.45) is 0 Å². The summed E-state index contributed by atoms with van der Waals surface area (Å²) in [6.07, 6.45) is -0.537. The van der Waals surface area contributed by atoms with Crippen LogP contribution < -0.4 is 9.64 Å². The van der Waals surface area contributed by atoms with Crippen LogP contribution in [0.1, 0.15) is 17.2 Å². The van der Waals surface area contributed by atoms with Crippen molar-refractivity contribution >= 4 is 43.5 Å². The lowest BCUT2D eigenvalue weighted by Gasteiger charge is -2.47. The number of benzene rings is 3. The van der Waals surface area contributed by atoms with Gasteiger partial charge in [0.1, 0.15) is 5.75 Å². The van der Waals surface area contributed by atoms with Crippen molar-refractivity contribution in [2.45, 2.75) is 18.8 Å². The Balaban J connectivity index is 1.61. The molecule has 4 nitrogen and oxygen atoms in total. The number of amides is 1. The van der Waals surface area contributed by atoms with E-state index >= 15 is 0 Å². The van der Waals surface area contributed by atoms with Gasteiger partial charge >= 0.3 is 0 Å². The summed E-state index contributed by atoms with van der Waals surface area (Å²) < 4.78 is 13.3. The molecule has 0 unspecified atom stereocenters. The number of ether oxygens (including phenoxy) is 2. The number of carbonyl (C=O) groups excluding carboxylic acids is 1. The molecule has 0 aromatic heterocycles. The van der Waals surface area contributed by atoms with Gasteiger partial charge in [-0.25, -0.2) is 0 Å². The summed E-state index contributed by atoms with van der Waals surface area (Å²) in [7, 11) is 1.63. The molecule has 1 aliphatic heterocycles. The van der Waals surface area contributed by atoms with Crippen LogP contribution in [0.25, 0.3) is 0 Å². The van der Waals surface area contributed by atoms with Crippen LogP contribution in [-0.4, -0.2) is 19.1 Å². The maximum absolute atomic E-state index is 13.0. The van der Waals surface area contributed by atoms with Crippen LogP contribution in [0.3, 0.4) is 0 Å². The highest BCUT2D eigenvalue weighted by atomic mass is 79.9. The molecule has 2 atom stereocenters. The van der Waals surface area contributed by atoms with Gasteiger partial charge in [0.2, 0.25) is 0 Å². The fourth-order valence-electron chi connectivity index (χ4n) is 3.43. The number of hydrogen-bond acceptors (Lipinski definition) is 3. The van der Waals surface area contributed by atoms with Gasteiger partial charge in [-0.3, -0.25) is 9.69 Å². The Morgan fingerprint density at radius 3 is 2.28 bits per heavy atom. The van der Waals surface area contributed by atoms with Crippen molar-refractivity contribution in [1.82, 2.24) is 0 Å². The zero-order chi connectivity index (χ0) is 20.4. The Hall–Kier alpha value is -2.15. The molecule has 1 aliphatic rings. The van der Waals surface area contributed by atoms with Gasteiger partial charge in [0.05, 0.1) is 19.8 Å². The summed E-state index contributed by atoms with van der Waals surface area (Å²) in [4.78, 5) is 14.8. The second-order valence-corrected chi connectivity index (χ2v) is 8.50. The summed E-state index contributed by atoms with van der Waals surface area (Å²) in [5, 5.41) is 0.